The van der Waals surface area contributed by atoms with Crippen molar-refractivity contribution in [2.45, 2.75) is 6.92 Å². The molecule has 0 N–H and O–H groups in total. The minimum atomic E-state index is -0.815. The molecule has 3 nitrogen and oxygen atoms in total. The Kier molecular flexibility index (Phi) is 3.98. The summed E-state index contributed by atoms with van der Waals surface area (Å²) < 4.78 is 36.2. The van der Waals surface area contributed by atoms with Crippen molar-refractivity contribution in [1.82, 2.24) is 0 Å². The van der Waals surface area contributed by atoms with Crippen molar-refractivity contribution in [1.29, 1.82) is 0 Å². The maximum atomic E-state index is 13.5. The number of carbonyl (C=O) groups is 1. The molecule has 0 unspecified atom stereocenters. The lowest BCUT2D eigenvalue weighted by atomic mass is 10.1. The van der Waals surface area contributed by atoms with E-state index in [1.54, 1.807) is 19.1 Å². The smallest absolute Gasteiger partial charge is 0.338 e. The molecule has 0 fully saturated rings. The summed E-state index contributed by atoms with van der Waals surface area (Å²) in [6.07, 6.45) is 0. The summed E-state index contributed by atoms with van der Waals surface area (Å²) in [5.74, 6) is -1.86. The monoisotopic (exact) mass is 278 g/mol. The standard InChI is InChI=1S/C15H12F2O3/c1-9-3-5-11(8-12(9)15(18)19-2)20-14-6-4-10(16)7-13(14)17/h3-8H,1-2H3. The summed E-state index contributed by atoms with van der Waals surface area (Å²) in [4.78, 5) is 11.5. The number of benzene rings is 2. The van der Waals surface area contributed by atoms with Crippen LogP contribution in [-0.4, -0.2) is 13.1 Å². The Labute approximate surface area is 114 Å². The van der Waals surface area contributed by atoms with E-state index in [-0.39, 0.29) is 11.5 Å². The summed E-state index contributed by atoms with van der Waals surface area (Å²) in [5.41, 5.74) is 1.04. The first-order valence-corrected chi connectivity index (χ1v) is 5.83. The second-order valence-corrected chi connectivity index (χ2v) is 4.15. The molecule has 5 heteroatoms. The average Bonchev–Trinajstić information content (AvgIpc) is 2.43. The fourth-order valence-electron chi connectivity index (χ4n) is 1.68. The van der Waals surface area contributed by atoms with Gasteiger partial charge in [-0.2, -0.15) is 0 Å². The van der Waals surface area contributed by atoms with Gasteiger partial charge < -0.3 is 9.47 Å². The molecule has 0 atom stereocenters. The van der Waals surface area contributed by atoms with E-state index < -0.39 is 17.6 Å². The summed E-state index contributed by atoms with van der Waals surface area (Å²) in [5, 5.41) is 0. The van der Waals surface area contributed by atoms with Crippen LogP contribution >= 0.6 is 0 Å². The van der Waals surface area contributed by atoms with Gasteiger partial charge in [-0.25, -0.2) is 13.6 Å². The first-order chi connectivity index (χ1) is 9.51. The van der Waals surface area contributed by atoms with E-state index in [9.17, 15) is 13.6 Å². The van der Waals surface area contributed by atoms with E-state index in [0.717, 1.165) is 12.1 Å². The van der Waals surface area contributed by atoms with Crippen LogP contribution in [0, 0.1) is 18.6 Å². The maximum absolute atomic E-state index is 13.5. The number of ether oxygens (including phenoxy) is 2. The van der Waals surface area contributed by atoms with Crippen molar-refractivity contribution in [3.63, 3.8) is 0 Å². The van der Waals surface area contributed by atoms with E-state index in [0.29, 0.717) is 11.1 Å². The largest absolute Gasteiger partial charge is 0.465 e. The van der Waals surface area contributed by atoms with Gasteiger partial charge in [0.25, 0.3) is 0 Å². The summed E-state index contributed by atoms with van der Waals surface area (Å²) in [6, 6.07) is 7.69. The quantitative estimate of drug-likeness (QED) is 0.800. The second kappa shape index (κ2) is 5.69. The highest BCUT2D eigenvalue weighted by atomic mass is 19.1. The number of rotatable bonds is 3. The molecule has 0 aliphatic heterocycles. The van der Waals surface area contributed by atoms with Crippen molar-refractivity contribution < 1.29 is 23.0 Å². The van der Waals surface area contributed by atoms with Crippen LogP contribution in [0.1, 0.15) is 15.9 Å². The van der Waals surface area contributed by atoms with Crippen molar-refractivity contribution in [3.8, 4) is 11.5 Å². The minimum absolute atomic E-state index is 0.119. The lowest BCUT2D eigenvalue weighted by Gasteiger charge is -2.09. The predicted molar refractivity (Wildman–Crippen MR) is 69.0 cm³/mol. The number of carbonyl (C=O) groups excluding carboxylic acids is 1. The number of hydrogen-bond donors (Lipinski definition) is 0. The Morgan fingerprint density at radius 2 is 1.85 bits per heavy atom. The van der Waals surface area contributed by atoms with Crippen LogP contribution < -0.4 is 4.74 Å². The van der Waals surface area contributed by atoms with E-state index in [1.165, 1.54) is 19.2 Å². The van der Waals surface area contributed by atoms with Crippen LogP contribution in [-0.2, 0) is 4.74 Å². The molecule has 0 saturated heterocycles. The van der Waals surface area contributed by atoms with Crippen molar-refractivity contribution in [2.75, 3.05) is 7.11 Å². The number of hydrogen-bond acceptors (Lipinski definition) is 3. The molecule has 0 amide bonds. The molecule has 0 aliphatic carbocycles. The van der Waals surface area contributed by atoms with Crippen molar-refractivity contribution >= 4 is 5.97 Å². The van der Waals surface area contributed by atoms with Crippen molar-refractivity contribution in [2.24, 2.45) is 0 Å². The van der Waals surface area contributed by atoms with Gasteiger partial charge in [0.1, 0.15) is 11.6 Å². The summed E-state index contributed by atoms with van der Waals surface area (Å²) >= 11 is 0. The van der Waals surface area contributed by atoms with Gasteiger partial charge in [0, 0.05) is 6.07 Å². The molecule has 2 rings (SSSR count). The number of aryl methyl sites for hydroxylation is 1. The summed E-state index contributed by atoms with van der Waals surface area (Å²) in [7, 11) is 1.27. The Hall–Kier alpha value is -2.43. The molecule has 2 aromatic rings. The third-order valence-corrected chi connectivity index (χ3v) is 2.74. The van der Waals surface area contributed by atoms with E-state index in [2.05, 4.69) is 4.74 Å². The predicted octanol–water partition coefficient (Wildman–Crippen LogP) is 3.85. The van der Waals surface area contributed by atoms with Gasteiger partial charge in [-0.1, -0.05) is 6.07 Å². The van der Waals surface area contributed by atoms with Gasteiger partial charge in [0.05, 0.1) is 12.7 Å². The van der Waals surface area contributed by atoms with Crippen LogP contribution in [0.25, 0.3) is 0 Å². The molecule has 0 aromatic heterocycles. The molecule has 0 aliphatic rings. The highest BCUT2D eigenvalue weighted by Gasteiger charge is 2.12. The first kappa shape index (κ1) is 14.0. The zero-order valence-electron chi connectivity index (χ0n) is 10.9. The maximum Gasteiger partial charge on any atom is 0.338 e. The van der Waals surface area contributed by atoms with Gasteiger partial charge in [-0.05, 0) is 36.8 Å². The number of methoxy groups -OCH3 is 1. The first-order valence-electron chi connectivity index (χ1n) is 5.83. The van der Waals surface area contributed by atoms with Gasteiger partial charge in [0.15, 0.2) is 11.6 Å². The molecule has 20 heavy (non-hydrogen) atoms. The molecule has 0 bridgehead atoms. The zero-order valence-corrected chi connectivity index (χ0v) is 10.9. The normalized spacial score (nSPS) is 10.2. The molecular formula is C15H12F2O3. The molecule has 104 valence electrons. The molecule has 0 saturated carbocycles. The SMILES string of the molecule is COC(=O)c1cc(Oc2ccc(F)cc2F)ccc1C. The minimum Gasteiger partial charge on any atom is -0.465 e. The Bertz CT molecular complexity index is 654. The Morgan fingerprint density at radius 3 is 2.50 bits per heavy atom. The van der Waals surface area contributed by atoms with Crippen LogP contribution in [0.3, 0.4) is 0 Å². The van der Waals surface area contributed by atoms with Crippen LogP contribution in [0.2, 0.25) is 0 Å². The number of esters is 1. The van der Waals surface area contributed by atoms with E-state index >= 15 is 0 Å². The molecular weight excluding hydrogens is 266 g/mol. The molecule has 0 heterocycles. The number of halogens is 2. The van der Waals surface area contributed by atoms with Crippen LogP contribution in [0.4, 0.5) is 8.78 Å². The molecule has 0 radical (unpaired) electrons. The summed E-state index contributed by atoms with van der Waals surface area (Å²) in [6.45, 7) is 1.74. The molecule has 2 aromatic carbocycles. The van der Waals surface area contributed by atoms with Crippen LogP contribution in [0.15, 0.2) is 36.4 Å². The fourth-order valence-corrected chi connectivity index (χ4v) is 1.68. The van der Waals surface area contributed by atoms with E-state index in [4.69, 9.17) is 4.74 Å². The van der Waals surface area contributed by atoms with Crippen LogP contribution in [0.5, 0.6) is 11.5 Å². The Morgan fingerprint density at radius 1 is 1.10 bits per heavy atom. The average molecular weight is 278 g/mol. The second-order valence-electron chi connectivity index (χ2n) is 4.15. The Balaban J connectivity index is 2.32. The van der Waals surface area contributed by atoms with Gasteiger partial charge in [0.2, 0.25) is 0 Å². The fraction of sp³-hybridized carbons (Fsp3) is 0.133. The highest BCUT2D eigenvalue weighted by Crippen LogP contribution is 2.26. The van der Waals surface area contributed by atoms with Crippen molar-refractivity contribution in [3.05, 3.63) is 59.2 Å². The van der Waals surface area contributed by atoms with Gasteiger partial charge >= 0.3 is 5.97 Å². The topological polar surface area (TPSA) is 35.5 Å². The third kappa shape index (κ3) is 2.93. The highest BCUT2D eigenvalue weighted by molar-refractivity contribution is 5.91. The van der Waals surface area contributed by atoms with Gasteiger partial charge in [-0.15, -0.1) is 0 Å². The van der Waals surface area contributed by atoms with Gasteiger partial charge in [-0.3, -0.25) is 0 Å². The molecule has 0 spiro atoms. The lowest BCUT2D eigenvalue weighted by molar-refractivity contribution is 0.0599. The lowest BCUT2D eigenvalue weighted by Crippen LogP contribution is -2.04. The third-order valence-electron chi connectivity index (χ3n) is 2.74. The zero-order chi connectivity index (χ0) is 14.7. The van der Waals surface area contributed by atoms with E-state index in [1.807, 2.05) is 0 Å².